The third kappa shape index (κ3) is 3.97. The highest BCUT2D eigenvalue weighted by molar-refractivity contribution is 5.78. The maximum atomic E-state index is 14.9. The van der Waals surface area contributed by atoms with E-state index in [0.29, 0.717) is 31.4 Å². The van der Waals surface area contributed by atoms with E-state index in [1.165, 1.54) is 18.2 Å². The number of hydrogen-bond donors (Lipinski definition) is 0. The molecule has 1 aliphatic carbocycles. The SMILES string of the molecule is CCOC(=O)Cc1c2c(n3c(F)cccc13)CC(n1nnc(Cc3ccc(F)cc3)c1C)CC2. The molecule has 1 aromatic carbocycles. The van der Waals surface area contributed by atoms with Gasteiger partial charge in [0, 0.05) is 18.5 Å². The number of carbonyl (C=O) groups is 1. The van der Waals surface area contributed by atoms with Crippen LogP contribution in [0.5, 0.6) is 0 Å². The summed E-state index contributed by atoms with van der Waals surface area (Å²) in [6.07, 6.45) is 2.80. The molecule has 3 aromatic heterocycles. The third-order valence-corrected chi connectivity index (χ3v) is 6.67. The first kappa shape index (κ1) is 22.3. The zero-order valence-electron chi connectivity index (χ0n) is 19.2. The zero-order chi connectivity index (χ0) is 23.8. The lowest BCUT2D eigenvalue weighted by atomic mass is 9.90. The van der Waals surface area contributed by atoms with Crippen molar-refractivity contribution < 1.29 is 18.3 Å². The molecule has 0 spiro atoms. The Hall–Kier alpha value is -3.55. The molecule has 34 heavy (non-hydrogen) atoms. The van der Waals surface area contributed by atoms with Gasteiger partial charge in [0.2, 0.25) is 0 Å². The smallest absolute Gasteiger partial charge is 0.310 e. The van der Waals surface area contributed by atoms with Crippen molar-refractivity contribution in [3.63, 3.8) is 0 Å². The largest absolute Gasteiger partial charge is 0.466 e. The molecule has 0 aliphatic heterocycles. The topological polar surface area (TPSA) is 61.4 Å². The Labute approximate surface area is 196 Å². The Bertz CT molecular complexity index is 1360. The van der Waals surface area contributed by atoms with E-state index in [1.54, 1.807) is 29.5 Å². The number of fused-ring (bicyclic) bond motifs is 3. The summed E-state index contributed by atoms with van der Waals surface area (Å²) in [5.74, 6) is -0.922. The molecule has 1 unspecified atom stereocenters. The zero-order valence-corrected chi connectivity index (χ0v) is 19.2. The number of ether oxygens (including phenoxy) is 1. The van der Waals surface area contributed by atoms with Crippen molar-refractivity contribution in [2.45, 2.75) is 52.0 Å². The molecule has 5 rings (SSSR count). The minimum atomic E-state index is -0.350. The predicted molar refractivity (Wildman–Crippen MR) is 123 cm³/mol. The first-order chi connectivity index (χ1) is 16.5. The van der Waals surface area contributed by atoms with Gasteiger partial charge in [-0.15, -0.1) is 5.10 Å². The van der Waals surface area contributed by atoms with Gasteiger partial charge < -0.3 is 4.74 Å². The van der Waals surface area contributed by atoms with E-state index >= 15 is 0 Å². The molecule has 0 saturated heterocycles. The first-order valence-corrected chi connectivity index (χ1v) is 11.6. The van der Waals surface area contributed by atoms with Gasteiger partial charge >= 0.3 is 5.97 Å². The molecule has 176 valence electrons. The molecule has 8 heteroatoms. The first-order valence-electron chi connectivity index (χ1n) is 11.6. The van der Waals surface area contributed by atoms with Crippen LogP contribution in [-0.2, 0) is 35.2 Å². The van der Waals surface area contributed by atoms with Crippen molar-refractivity contribution in [3.8, 4) is 0 Å². The fraction of sp³-hybridized carbons (Fsp3) is 0.346. The molecule has 0 amide bonds. The number of carbonyl (C=O) groups excluding carboxylic acids is 1. The third-order valence-electron chi connectivity index (χ3n) is 6.67. The van der Waals surface area contributed by atoms with Gasteiger partial charge in [0.05, 0.1) is 36.0 Å². The summed E-state index contributed by atoms with van der Waals surface area (Å²) < 4.78 is 36.9. The van der Waals surface area contributed by atoms with Gasteiger partial charge in [-0.25, -0.2) is 9.07 Å². The molecule has 0 fully saturated rings. The second-order valence-corrected chi connectivity index (χ2v) is 8.72. The molecule has 3 heterocycles. The van der Waals surface area contributed by atoms with Crippen molar-refractivity contribution in [1.29, 1.82) is 0 Å². The molecular formula is C26H26F2N4O2. The lowest BCUT2D eigenvalue weighted by molar-refractivity contribution is -0.142. The van der Waals surface area contributed by atoms with Crippen LogP contribution in [0, 0.1) is 18.7 Å². The minimum absolute atomic E-state index is 0.0233. The van der Waals surface area contributed by atoms with Gasteiger partial charge in [0.1, 0.15) is 5.82 Å². The molecule has 0 radical (unpaired) electrons. The Morgan fingerprint density at radius 2 is 1.97 bits per heavy atom. The van der Waals surface area contributed by atoms with Crippen LogP contribution in [0.2, 0.25) is 0 Å². The number of esters is 1. The van der Waals surface area contributed by atoms with Crippen LogP contribution in [0.25, 0.3) is 5.52 Å². The van der Waals surface area contributed by atoms with Crippen molar-refractivity contribution in [2.24, 2.45) is 0 Å². The van der Waals surface area contributed by atoms with E-state index in [2.05, 4.69) is 10.3 Å². The van der Waals surface area contributed by atoms with Gasteiger partial charge in [-0.3, -0.25) is 9.20 Å². The Kier molecular flexibility index (Phi) is 5.89. The van der Waals surface area contributed by atoms with Gasteiger partial charge in [0.15, 0.2) is 5.95 Å². The van der Waals surface area contributed by atoms with E-state index in [0.717, 1.165) is 40.2 Å². The van der Waals surface area contributed by atoms with Crippen LogP contribution in [0.3, 0.4) is 0 Å². The number of halogens is 2. The normalized spacial score (nSPS) is 15.5. The Balaban J connectivity index is 1.46. The Morgan fingerprint density at radius 1 is 1.18 bits per heavy atom. The summed E-state index contributed by atoms with van der Waals surface area (Å²) in [6.45, 7) is 4.08. The van der Waals surface area contributed by atoms with Crippen LogP contribution >= 0.6 is 0 Å². The van der Waals surface area contributed by atoms with E-state index in [-0.39, 0.29) is 30.2 Å². The average Bonchev–Trinajstić information content (AvgIpc) is 3.34. The number of benzene rings is 1. The summed E-state index contributed by atoms with van der Waals surface area (Å²) in [5.41, 5.74) is 6.21. The molecule has 4 aromatic rings. The molecule has 0 N–H and O–H groups in total. The van der Waals surface area contributed by atoms with Crippen LogP contribution in [0.15, 0.2) is 42.5 Å². The van der Waals surface area contributed by atoms with Crippen LogP contribution in [-0.4, -0.2) is 32.0 Å². The van der Waals surface area contributed by atoms with Crippen LogP contribution in [0.4, 0.5) is 8.78 Å². The summed E-state index contributed by atoms with van der Waals surface area (Å²) in [6, 6.07) is 11.4. The Morgan fingerprint density at radius 3 is 2.74 bits per heavy atom. The van der Waals surface area contributed by atoms with Crippen molar-refractivity contribution in [3.05, 3.63) is 88.0 Å². The number of pyridine rings is 1. The number of nitrogens with zero attached hydrogens (tertiary/aromatic N) is 4. The maximum Gasteiger partial charge on any atom is 0.310 e. The minimum Gasteiger partial charge on any atom is -0.466 e. The number of aromatic nitrogens is 4. The van der Waals surface area contributed by atoms with Gasteiger partial charge in [-0.1, -0.05) is 23.4 Å². The summed E-state index contributed by atoms with van der Waals surface area (Å²) >= 11 is 0. The van der Waals surface area contributed by atoms with Gasteiger partial charge in [-0.05, 0) is 67.6 Å². The summed E-state index contributed by atoms with van der Waals surface area (Å²) in [7, 11) is 0. The summed E-state index contributed by atoms with van der Waals surface area (Å²) in [4.78, 5) is 12.3. The highest BCUT2D eigenvalue weighted by Crippen LogP contribution is 2.36. The quantitative estimate of drug-likeness (QED) is 0.310. The van der Waals surface area contributed by atoms with Crippen molar-refractivity contribution in [1.82, 2.24) is 19.4 Å². The molecule has 0 bridgehead atoms. The second-order valence-electron chi connectivity index (χ2n) is 8.72. The van der Waals surface area contributed by atoms with E-state index in [9.17, 15) is 13.6 Å². The maximum absolute atomic E-state index is 14.9. The molecule has 6 nitrogen and oxygen atoms in total. The van der Waals surface area contributed by atoms with Crippen molar-refractivity contribution in [2.75, 3.05) is 6.61 Å². The molecule has 1 aliphatic rings. The monoisotopic (exact) mass is 464 g/mol. The second kappa shape index (κ2) is 9.00. The van der Waals surface area contributed by atoms with Gasteiger partial charge in [-0.2, -0.15) is 4.39 Å². The van der Waals surface area contributed by atoms with E-state index in [1.807, 2.05) is 17.7 Å². The van der Waals surface area contributed by atoms with Crippen molar-refractivity contribution >= 4 is 11.5 Å². The van der Waals surface area contributed by atoms with Crippen LogP contribution < -0.4 is 0 Å². The van der Waals surface area contributed by atoms with E-state index < -0.39 is 0 Å². The fourth-order valence-corrected chi connectivity index (χ4v) is 5.04. The molecule has 0 saturated carbocycles. The molecular weight excluding hydrogens is 438 g/mol. The highest BCUT2D eigenvalue weighted by Gasteiger charge is 2.30. The predicted octanol–water partition coefficient (Wildman–Crippen LogP) is 4.54. The fourth-order valence-electron chi connectivity index (χ4n) is 5.04. The summed E-state index contributed by atoms with van der Waals surface area (Å²) in [5, 5.41) is 8.81. The standard InChI is InChI=1S/C26H26F2N4O2/c1-3-34-26(33)15-21-20-12-11-19(14-24(20)31-23(21)5-4-6-25(31)28)32-16(2)22(29-30-32)13-17-7-9-18(27)10-8-17/h4-10,19H,3,11-15H2,1-2H3. The average molecular weight is 465 g/mol. The lowest BCUT2D eigenvalue weighted by Gasteiger charge is -2.24. The van der Waals surface area contributed by atoms with Gasteiger partial charge in [0.25, 0.3) is 0 Å². The molecule has 1 atom stereocenters. The number of hydrogen-bond acceptors (Lipinski definition) is 4. The highest BCUT2D eigenvalue weighted by atomic mass is 19.1. The van der Waals surface area contributed by atoms with Crippen LogP contribution in [0.1, 0.15) is 53.2 Å². The lowest BCUT2D eigenvalue weighted by Crippen LogP contribution is -2.22. The number of rotatable bonds is 6. The van der Waals surface area contributed by atoms with E-state index in [4.69, 9.17) is 4.74 Å².